The minimum atomic E-state index is -4.13. The number of carbonyl (C=O) groups is 1. The molecule has 1 aliphatic heterocycles. The van der Waals surface area contributed by atoms with Crippen molar-refractivity contribution in [1.29, 1.82) is 0 Å². The van der Waals surface area contributed by atoms with Crippen LogP contribution in [0.3, 0.4) is 0 Å². The van der Waals surface area contributed by atoms with E-state index in [9.17, 15) is 18.0 Å². The van der Waals surface area contributed by atoms with Gasteiger partial charge < -0.3 is 0 Å². The van der Waals surface area contributed by atoms with Gasteiger partial charge in [0.05, 0.1) is 0 Å². The fourth-order valence-corrected chi connectivity index (χ4v) is 2.08. The Morgan fingerprint density at radius 1 is 1.14 bits per heavy atom. The zero-order valence-electron chi connectivity index (χ0n) is 7.73. The number of hydrogen-bond donors (Lipinski definition) is 0. The van der Waals surface area contributed by atoms with Gasteiger partial charge in [0.2, 0.25) is 0 Å². The van der Waals surface area contributed by atoms with Gasteiger partial charge in [-0.1, -0.05) is 0 Å². The Morgan fingerprint density at radius 3 is 2.00 bits per heavy atom. The number of carbonyl (C=O) groups excluding carboxylic acids is 1. The first-order valence-corrected chi connectivity index (χ1v) is 4.79. The molecule has 5 heteroatoms. The highest BCUT2D eigenvalue weighted by Crippen LogP contribution is 2.53. The maximum Gasteiger partial charge on any atom is 0.406 e. The summed E-state index contributed by atoms with van der Waals surface area (Å²) in [5.41, 5.74) is -1.58. The number of likely N-dealkylation sites (tertiary alicyclic amines) is 1. The first kappa shape index (κ1) is 9.96. The van der Waals surface area contributed by atoms with E-state index in [2.05, 4.69) is 0 Å². The number of hydrogen-bond acceptors (Lipinski definition) is 2. The molecular weight excluding hydrogens is 195 g/mol. The van der Waals surface area contributed by atoms with Crippen molar-refractivity contribution in [3.63, 3.8) is 0 Å². The maximum atomic E-state index is 12.7. The van der Waals surface area contributed by atoms with Crippen LogP contribution in [0, 0.1) is 0 Å². The largest absolute Gasteiger partial charge is 0.406 e. The van der Waals surface area contributed by atoms with Crippen LogP contribution in [0.4, 0.5) is 13.2 Å². The third kappa shape index (κ3) is 1.43. The van der Waals surface area contributed by atoms with Crippen LogP contribution in [-0.2, 0) is 4.79 Å². The molecule has 0 N–H and O–H groups in total. The lowest BCUT2D eigenvalue weighted by molar-refractivity contribution is -0.198. The van der Waals surface area contributed by atoms with Crippen LogP contribution in [-0.4, -0.2) is 35.5 Å². The van der Waals surface area contributed by atoms with Crippen LogP contribution in [0.25, 0.3) is 0 Å². The second-order valence-electron chi connectivity index (χ2n) is 4.06. The van der Waals surface area contributed by atoms with Crippen molar-refractivity contribution in [1.82, 2.24) is 4.90 Å². The van der Waals surface area contributed by atoms with E-state index in [1.165, 1.54) is 4.90 Å². The molecule has 0 bridgehead atoms. The molecule has 0 amide bonds. The Bertz CT molecular complexity index is 247. The number of Topliss-reactive ketones (excluding diaryl/α,β-unsaturated/α-hetero) is 1. The van der Waals surface area contributed by atoms with Gasteiger partial charge in [0.1, 0.15) is 11.3 Å². The van der Waals surface area contributed by atoms with Gasteiger partial charge in [-0.25, -0.2) is 0 Å². The van der Waals surface area contributed by atoms with Crippen molar-refractivity contribution in [2.24, 2.45) is 0 Å². The van der Waals surface area contributed by atoms with Gasteiger partial charge in [-0.15, -0.1) is 0 Å². The summed E-state index contributed by atoms with van der Waals surface area (Å²) in [5, 5.41) is 0. The standard InChI is InChI=1S/C9H12F3NO/c10-9(11,12)8(3-4-8)13-5-1-7(14)2-6-13/h1-6H2. The summed E-state index contributed by atoms with van der Waals surface area (Å²) in [6.07, 6.45) is -3.18. The SMILES string of the molecule is O=C1CCN(C2(C(F)(F)F)CC2)CC1. The first-order chi connectivity index (χ1) is 6.46. The summed E-state index contributed by atoms with van der Waals surface area (Å²) in [6.45, 7) is 0.552. The highest BCUT2D eigenvalue weighted by atomic mass is 19.4. The molecule has 0 aromatic heterocycles. The number of piperidine rings is 1. The van der Waals surface area contributed by atoms with Crippen LogP contribution in [0.15, 0.2) is 0 Å². The van der Waals surface area contributed by atoms with Crippen molar-refractivity contribution < 1.29 is 18.0 Å². The Labute approximate surface area is 80.1 Å². The number of nitrogens with zero attached hydrogens (tertiary/aromatic N) is 1. The number of rotatable bonds is 1. The van der Waals surface area contributed by atoms with Crippen LogP contribution in [0.2, 0.25) is 0 Å². The number of alkyl halides is 3. The van der Waals surface area contributed by atoms with Crippen molar-refractivity contribution in [2.75, 3.05) is 13.1 Å². The highest BCUT2D eigenvalue weighted by Gasteiger charge is 2.66. The minimum absolute atomic E-state index is 0.0826. The Kier molecular flexibility index (Phi) is 2.10. The van der Waals surface area contributed by atoms with Crippen molar-refractivity contribution in [3.05, 3.63) is 0 Å². The lowest BCUT2D eigenvalue weighted by atomic mass is 10.1. The molecular formula is C9H12F3NO. The molecule has 0 atom stereocenters. The molecule has 2 aliphatic rings. The molecule has 1 aliphatic carbocycles. The number of halogens is 3. The van der Waals surface area contributed by atoms with Crippen molar-refractivity contribution in [2.45, 2.75) is 37.4 Å². The number of ketones is 1. The molecule has 80 valence electrons. The fourth-order valence-electron chi connectivity index (χ4n) is 2.08. The summed E-state index contributed by atoms with van der Waals surface area (Å²) in [7, 11) is 0. The third-order valence-corrected chi connectivity index (χ3v) is 3.18. The first-order valence-electron chi connectivity index (χ1n) is 4.79. The van der Waals surface area contributed by atoms with Gasteiger partial charge in [0.15, 0.2) is 0 Å². The van der Waals surface area contributed by atoms with Crippen LogP contribution >= 0.6 is 0 Å². The lowest BCUT2D eigenvalue weighted by Gasteiger charge is -2.35. The van der Waals surface area contributed by atoms with Crippen LogP contribution < -0.4 is 0 Å². The molecule has 2 rings (SSSR count). The molecule has 1 saturated heterocycles. The molecule has 0 unspecified atom stereocenters. The Morgan fingerprint density at radius 2 is 1.64 bits per heavy atom. The summed E-state index contributed by atoms with van der Waals surface area (Å²) in [6, 6.07) is 0. The predicted molar refractivity (Wildman–Crippen MR) is 43.8 cm³/mol. The Balaban J connectivity index is 2.05. The second-order valence-corrected chi connectivity index (χ2v) is 4.06. The molecule has 0 radical (unpaired) electrons. The van der Waals surface area contributed by atoms with E-state index in [1.54, 1.807) is 0 Å². The smallest absolute Gasteiger partial charge is 0.300 e. The topological polar surface area (TPSA) is 20.3 Å². The zero-order valence-corrected chi connectivity index (χ0v) is 7.73. The molecule has 2 nitrogen and oxygen atoms in total. The van der Waals surface area contributed by atoms with E-state index < -0.39 is 11.7 Å². The van der Waals surface area contributed by atoms with E-state index in [-0.39, 0.29) is 44.6 Å². The van der Waals surface area contributed by atoms with Crippen LogP contribution in [0.5, 0.6) is 0 Å². The van der Waals surface area contributed by atoms with Gasteiger partial charge in [-0.3, -0.25) is 9.69 Å². The highest BCUT2D eigenvalue weighted by molar-refractivity contribution is 5.79. The molecule has 14 heavy (non-hydrogen) atoms. The predicted octanol–water partition coefficient (Wildman–Crippen LogP) is 1.75. The maximum absolute atomic E-state index is 12.7. The minimum Gasteiger partial charge on any atom is -0.300 e. The summed E-state index contributed by atoms with van der Waals surface area (Å²) in [4.78, 5) is 12.3. The monoisotopic (exact) mass is 207 g/mol. The zero-order chi connectivity index (χ0) is 10.4. The molecule has 0 aromatic rings. The van der Waals surface area contributed by atoms with Gasteiger partial charge >= 0.3 is 6.18 Å². The summed E-state index contributed by atoms with van der Waals surface area (Å²) in [5.74, 6) is 0.0826. The summed E-state index contributed by atoms with van der Waals surface area (Å²) < 4.78 is 38.0. The van der Waals surface area contributed by atoms with Crippen LogP contribution in [0.1, 0.15) is 25.7 Å². The molecule has 2 fully saturated rings. The van der Waals surface area contributed by atoms with Gasteiger partial charge in [0.25, 0.3) is 0 Å². The van der Waals surface area contributed by atoms with E-state index >= 15 is 0 Å². The van der Waals surface area contributed by atoms with E-state index in [0.29, 0.717) is 0 Å². The lowest BCUT2D eigenvalue weighted by Crippen LogP contribution is -2.51. The van der Waals surface area contributed by atoms with E-state index in [0.717, 1.165) is 0 Å². The fraction of sp³-hybridized carbons (Fsp3) is 0.889. The summed E-state index contributed by atoms with van der Waals surface area (Å²) >= 11 is 0. The molecule has 1 saturated carbocycles. The molecule has 0 spiro atoms. The van der Waals surface area contributed by atoms with Gasteiger partial charge in [-0.2, -0.15) is 13.2 Å². The van der Waals surface area contributed by atoms with E-state index in [4.69, 9.17) is 0 Å². The quantitative estimate of drug-likeness (QED) is 0.652. The molecule has 0 aromatic carbocycles. The van der Waals surface area contributed by atoms with Crippen molar-refractivity contribution in [3.8, 4) is 0 Å². The second kappa shape index (κ2) is 2.95. The molecule has 1 heterocycles. The Hall–Kier alpha value is -0.580. The third-order valence-electron chi connectivity index (χ3n) is 3.18. The normalized spacial score (nSPS) is 27.8. The van der Waals surface area contributed by atoms with Gasteiger partial charge in [0, 0.05) is 25.9 Å². The van der Waals surface area contributed by atoms with E-state index in [1.807, 2.05) is 0 Å². The van der Waals surface area contributed by atoms with Crippen molar-refractivity contribution >= 4 is 5.78 Å². The average molecular weight is 207 g/mol. The van der Waals surface area contributed by atoms with Gasteiger partial charge in [-0.05, 0) is 12.8 Å². The average Bonchev–Trinajstić information content (AvgIpc) is 2.84.